The van der Waals surface area contributed by atoms with Crippen LogP contribution in [-0.2, 0) is 0 Å². The number of hydrogen-bond acceptors (Lipinski definition) is 0. The van der Waals surface area contributed by atoms with Crippen LogP contribution in [0.3, 0.4) is 0 Å². The highest BCUT2D eigenvalue weighted by Gasteiger charge is 2.25. The molecule has 5 rings (SSSR count). The molecular formula is C30H27. The predicted molar refractivity (Wildman–Crippen MR) is 127 cm³/mol. The van der Waals surface area contributed by atoms with Crippen LogP contribution in [0.4, 0.5) is 0 Å². The van der Waals surface area contributed by atoms with Crippen molar-refractivity contribution in [3.8, 4) is 11.1 Å². The summed E-state index contributed by atoms with van der Waals surface area (Å²) in [4.78, 5) is 0. The average Bonchev–Trinajstić information content (AvgIpc) is 3.32. The van der Waals surface area contributed by atoms with Crippen molar-refractivity contribution in [3.63, 3.8) is 0 Å². The predicted octanol–water partition coefficient (Wildman–Crippen LogP) is 5.97. The summed E-state index contributed by atoms with van der Waals surface area (Å²) < 4.78 is 0. The molecule has 0 unspecified atom stereocenters. The summed E-state index contributed by atoms with van der Waals surface area (Å²) in [5, 5.41) is 4.92. The summed E-state index contributed by atoms with van der Waals surface area (Å²) in [6, 6.07) is 23.2. The van der Waals surface area contributed by atoms with Gasteiger partial charge in [0.15, 0.2) is 0 Å². The van der Waals surface area contributed by atoms with Crippen molar-refractivity contribution in [2.75, 3.05) is 0 Å². The Bertz CT molecular complexity index is 1440. The molecule has 0 spiro atoms. The van der Waals surface area contributed by atoms with Gasteiger partial charge in [0.2, 0.25) is 0 Å². The Balaban J connectivity index is 1.88. The molecule has 30 heavy (non-hydrogen) atoms. The first-order chi connectivity index (χ1) is 14.4. The molecule has 0 nitrogen and oxygen atoms in total. The minimum atomic E-state index is 0.160. The van der Waals surface area contributed by atoms with Crippen LogP contribution < -0.4 is 10.4 Å². The number of allylic oxidation sites excluding steroid dienone is 4. The van der Waals surface area contributed by atoms with Gasteiger partial charge in [-0.3, -0.25) is 0 Å². The van der Waals surface area contributed by atoms with E-state index in [1.807, 2.05) is 0 Å². The fourth-order valence-corrected chi connectivity index (χ4v) is 4.80. The summed E-state index contributed by atoms with van der Waals surface area (Å²) in [5.74, 6) is 0. The molecule has 2 aliphatic carbocycles. The lowest BCUT2D eigenvalue weighted by Crippen LogP contribution is -2.10. The Labute approximate surface area is 178 Å². The van der Waals surface area contributed by atoms with Crippen LogP contribution in [0.25, 0.3) is 23.3 Å². The largest absolute Gasteiger partial charge is 0.0908 e. The molecule has 0 aliphatic heterocycles. The van der Waals surface area contributed by atoms with E-state index in [9.17, 15) is 0 Å². The Morgan fingerprint density at radius 1 is 0.900 bits per heavy atom. The maximum Gasteiger partial charge on any atom is -0.000476 e. The van der Waals surface area contributed by atoms with E-state index in [2.05, 4.69) is 107 Å². The Kier molecular flexibility index (Phi) is 4.22. The normalized spacial score (nSPS) is 15.0. The lowest BCUT2D eigenvalue weighted by molar-refractivity contribution is 0.518. The number of rotatable bonds is 2. The Morgan fingerprint density at radius 3 is 2.23 bits per heavy atom. The van der Waals surface area contributed by atoms with Gasteiger partial charge in [0, 0.05) is 0 Å². The second kappa shape index (κ2) is 6.71. The van der Waals surface area contributed by atoms with Gasteiger partial charge >= 0.3 is 0 Å². The highest BCUT2D eigenvalue weighted by atomic mass is 14.3. The maximum atomic E-state index is 4.36. The summed E-state index contributed by atoms with van der Waals surface area (Å²) in [6.07, 6.45) is 5.77. The summed E-state index contributed by atoms with van der Waals surface area (Å²) in [6.45, 7) is 13.4. The van der Waals surface area contributed by atoms with Crippen LogP contribution >= 0.6 is 0 Å². The number of hydrogen-bond donors (Lipinski definition) is 0. The van der Waals surface area contributed by atoms with Crippen LogP contribution in [0.15, 0.2) is 77.9 Å². The highest BCUT2D eigenvalue weighted by molar-refractivity contribution is 5.86. The molecule has 0 atom stereocenters. The number of benzene rings is 3. The van der Waals surface area contributed by atoms with Crippen LogP contribution in [0.2, 0.25) is 0 Å². The third kappa shape index (κ3) is 2.82. The lowest BCUT2D eigenvalue weighted by atomic mass is 9.86. The van der Waals surface area contributed by atoms with Gasteiger partial charge in [-0.05, 0) is 84.7 Å². The van der Waals surface area contributed by atoms with Gasteiger partial charge in [-0.25, -0.2) is 0 Å². The van der Waals surface area contributed by atoms with Crippen LogP contribution in [0, 0.1) is 28.8 Å². The van der Waals surface area contributed by atoms with E-state index < -0.39 is 0 Å². The SMILES string of the molecule is C=c1[c]c2c(c(-c3ccccc3)c1C)=c1ccccc1=C2C1=CC(C(C)(C)C)=CC1. The number of fused-ring (bicyclic) bond motifs is 2. The molecule has 0 fully saturated rings. The van der Waals surface area contributed by atoms with Crippen molar-refractivity contribution < 1.29 is 0 Å². The van der Waals surface area contributed by atoms with Gasteiger partial charge in [0.25, 0.3) is 0 Å². The third-order valence-electron chi connectivity index (χ3n) is 6.44. The van der Waals surface area contributed by atoms with Gasteiger partial charge < -0.3 is 0 Å². The molecule has 0 saturated carbocycles. The molecule has 0 amide bonds. The van der Waals surface area contributed by atoms with E-state index >= 15 is 0 Å². The third-order valence-corrected chi connectivity index (χ3v) is 6.44. The van der Waals surface area contributed by atoms with Crippen LogP contribution in [0.5, 0.6) is 0 Å². The molecule has 147 valence electrons. The fraction of sp³-hybridized carbons (Fsp3) is 0.200. The zero-order valence-electron chi connectivity index (χ0n) is 18.3. The minimum absolute atomic E-state index is 0.160. The molecule has 0 bridgehead atoms. The lowest BCUT2D eigenvalue weighted by Gasteiger charge is -2.18. The van der Waals surface area contributed by atoms with Crippen LogP contribution in [0.1, 0.15) is 38.3 Å². The van der Waals surface area contributed by atoms with Gasteiger partial charge in [0.1, 0.15) is 0 Å². The van der Waals surface area contributed by atoms with Crippen LogP contribution in [-0.4, -0.2) is 0 Å². The Morgan fingerprint density at radius 2 is 1.57 bits per heavy atom. The molecule has 0 aromatic heterocycles. The molecule has 0 N–H and O–H groups in total. The topological polar surface area (TPSA) is 0 Å². The van der Waals surface area contributed by atoms with Crippen molar-refractivity contribution in [1.29, 1.82) is 0 Å². The first-order valence-electron chi connectivity index (χ1n) is 10.7. The zero-order valence-corrected chi connectivity index (χ0v) is 18.3. The van der Waals surface area contributed by atoms with E-state index in [0.717, 1.165) is 11.6 Å². The second-order valence-electron chi connectivity index (χ2n) is 9.42. The first-order valence-corrected chi connectivity index (χ1v) is 10.7. The Hall–Kier alpha value is -3.12. The van der Waals surface area contributed by atoms with E-state index in [1.54, 1.807) is 0 Å². The van der Waals surface area contributed by atoms with Gasteiger partial charge in [-0.2, -0.15) is 0 Å². The molecule has 3 aromatic carbocycles. The van der Waals surface area contributed by atoms with Crippen molar-refractivity contribution in [2.24, 2.45) is 5.41 Å². The summed E-state index contributed by atoms with van der Waals surface area (Å²) in [5.41, 5.74) is 9.26. The van der Waals surface area contributed by atoms with Crippen molar-refractivity contribution in [2.45, 2.75) is 34.1 Å². The molecule has 0 heteroatoms. The highest BCUT2D eigenvalue weighted by Crippen LogP contribution is 2.39. The molecule has 1 radical (unpaired) electrons. The fourth-order valence-electron chi connectivity index (χ4n) is 4.80. The standard InChI is InChI=1S/C30H27/c1-19-17-26-28(22-15-16-23(18-22)30(3,4)5)24-13-9-10-14-25(24)29(26)27(20(19)2)21-11-7-6-8-12-21/h6-14,16,18H,1,15H2,2-5H3. The van der Waals surface area contributed by atoms with E-state index in [-0.39, 0.29) is 5.41 Å². The quantitative estimate of drug-likeness (QED) is 0.508. The molecule has 2 aliphatic rings. The minimum Gasteiger partial charge on any atom is -0.0908 e. The summed E-state index contributed by atoms with van der Waals surface area (Å²) in [7, 11) is 0. The van der Waals surface area contributed by atoms with Gasteiger partial charge in [-0.1, -0.05) is 94.1 Å². The first kappa shape index (κ1) is 18.9. The van der Waals surface area contributed by atoms with E-state index in [0.29, 0.717) is 0 Å². The average molecular weight is 388 g/mol. The molecule has 3 aromatic rings. The monoisotopic (exact) mass is 387 g/mol. The van der Waals surface area contributed by atoms with Crippen molar-refractivity contribution >= 4 is 12.2 Å². The maximum absolute atomic E-state index is 4.36. The molecule has 0 heterocycles. The summed E-state index contributed by atoms with van der Waals surface area (Å²) >= 11 is 0. The van der Waals surface area contributed by atoms with Crippen molar-refractivity contribution in [1.82, 2.24) is 0 Å². The smallest absolute Gasteiger partial charge is 0.000476 e. The van der Waals surface area contributed by atoms with Crippen molar-refractivity contribution in [3.05, 3.63) is 116 Å². The van der Waals surface area contributed by atoms with Gasteiger partial charge in [0.05, 0.1) is 0 Å². The van der Waals surface area contributed by atoms with Gasteiger partial charge in [-0.15, -0.1) is 0 Å². The molecular weight excluding hydrogens is 360 g/mol. The zero-order chi connectivity index (χ0) is 21.0. The second-order valence-corrected chi connectivity index (χ2v) is 9.42. The molecule has 0 saturated heterocycles. The van der Waals surface area contributed by atoms with E-state index in [4.69, 9.17) is 0 Å². The van der Waals surface area contributed by atoms with E-state index in [1.165, 1.54) is 54.6 Å².